The molecular weight excluding hydrogens is 268 g/mol. The number of benzene rings is 1. The molecule has 21 heavy (non-hydrogen) atoms. The van der Waals surface area contributed by atoms with Gasteiger partial charge in [0.25, 0.3) is 0 Å². The number of anilines is 1. The topological polar surface area (TPSA) is 82.2 Å². The second-order valence-electron chi connectivity index (χ2n) is 5.02. The van der Waals surface area contributed by atoms with Crippen molar-refractivity contribution in [3.63, 3.8) is 0 Å². The maximum absolute atomic E-state index is 11.3. The van der Waals surface area contributed by atoms with Crippen LogP contribution in [-0.4, -0.2) is 21.7 Å². The minimum absolute atomic E-state index is 0.148. The number of nitrogens with zero attached hydrogens (tertiary/aromatic N) is 2. The molecular formula is C15H20N4O2. The van der Waals surface area contributed by atoms with Gasteiger partial charge in [-0.1, -0.05) is 12.1 Å². The van der Waals surface area contributed by atoms with E-state index in [9.17, 15) is 4.79 Å². The summed E-state index contributed by atoms with van der Waals surface area (Å²) in [5, 5.41) is 6.89. The number of aromatic nitrogens is 2. The second-order valence-corrected chi connectivity index (χ2v) is 5.02. The molecule has 1 aromatic heterocycles. The first kappa shape index (κ1) is 15.1. The average Bonchev–Trinajstić information content (AvgIpc) is 2.83. The van der Waals surface area contributed by atoms with E-state index in [0.717, 1.165) is 5.56 Å². The fourth-order valence-corrected chi connectivity index (χ4v) is 2.07. The summed E-state index contributed by atoms with van der Waals surface area (Å²) in [4.78, 5) is 11.3. The number of ether oxygens (including phenoxy) is 1. The first-order valence-corrected chi connectivity index (χ1v) is 6.74. The lowest BCUT2D eigenvalue weighted by molar-refractivity contribution is -0.114. The van der Waals surface area contributed by atoms with E-state index in [-0.39, 0.29) is 18.1 Å². The van der Waals surface area contributed by atoms with Gasteiger partial charge in [-0.15, -0.1) is 0 Å². The number of nitrogens with two attached hydrogens (primary N) is 1. The molecule has 6 heteroatoms. The highest BCUT2D eigenvalue weighted by atomic mass is 16.5. The molecule has 2 rings (SSSR count). The Balaban J connectivity index is 2.27. The molecule has 0 aliphatic heterocycles. The molecule has 3 N–H and O–H groups in total. The SMILES string of the molecule is CC(=O)Nc1ccccc1OC(c1cnn(C)c1)C(C)N. The Morgan fingerprint density at radius 1 is 1.43 bits per heavy atom. The number of rotatable bonds is 5. The third-order valence-electron chi connectivity index (χ3n) is 2.98. The number of amides is 1. The molecule has 0 spiro atoms. The summed E-state index contributed by atoms with van der Waals surface area (Å²) in [6.45, 7) is 3.33. The number of para-hydroxylation sites is 2. The van der Waals surface area contributed by atoms with Crippen LogP contribution in [0.3, 0.4) is 0 Å². The lowest BCUT2D eigenvalue weighted by Crippen LogP contribution is -2.29. The minimum Gasteiger partial charge on any atom is -0.482 e. The maximum Gasteiger partial charge on any atom is 0.221 e. The molecule has 0 radical (unpaired) electrons. The van der Waals surface area contributed by atoms with E-state index in [1.54, 1.807) is 23.0 Å². The lowest BCUT2D eigenvalue weighted by atomic mass is 10.1. The first-order chi connectivity index (χ1) is 9.97. The van der Waals surface area contributed by atoms with Gasteiger partial charge in [0, 0.05) is 31.8 Å². The van der Waals surface area contributed by atoms with Gasteiger partial charge in [-0.05, 0) is 19.1 Å². The third kappa shape index (κ3) is 3.82. The Bertz CT molecular complexity index is 622. The zero-order chi connectivity index (χ0) is 15.4. The van der Waals surface area contributed by atoms with Crippen molar-refractivity contribution >= 4 is 11.6 Å². The highest BCUT2D eigenvalue weighted by Gasteiger charge is 2.21. The second kappa shape index (κ2) is 6.41. The zero-order valence-corrected chi connectivity index (χ0v) is 12.4. The Hall–Kier alpha value is -2.34. The molecule has 2 unspecified atom stereocenters. The van der Waals surface area contributed by atoms with Crippen LogP contribution in [0.4, 0.5) is 5.69 Å². The van der Waals surface area contributed by atoms with Crippen molar-refractivity contribution in [1.29, 1.82) is 0 Å². The van der Waals surface area contributed by atoms with Crippen LogP contribution in [0.25, 0.3) is 0 Å². The van der Waals surface area contributed by atoms with Gasteiger partial charge < -0.3 is 15.8 Å². The highest BCUT2D eigenvalue weighted by Crippen LogP contribution is 2.30. The largest absolute Gasteiger partial charge is 0.482 e. The van der Waals surface area contributed by atoms with Gasteiger partial charge in [-0.25, -0.2) is 0 Å². The number of carbonyl (C=O) groups excluding carboxylic acids is 1. The summed E-state index contributed by atoms with van der Waals surface area (Å²) in [5.74, 6) is 0.434. The number of carbonyl (C=O) groups is 1. The van der Waals surface area contributed by atoms with Crippen LogP contribution in [0.1, 0.15) is 25.5 Å². The van der Waals surface area contributed by atoms with Crippen LogP contribution in [0.15, 0.2) is 36.7 Å². The van der Waals surface area contributed by atoms with Gasteiger partial charge in [0.2, 0.25) is 5.91 Å². The van der Waals surface area contributed by atoms with Crippen LogP contribution < -0.4 is 15.8 Å². The van der Waals surface area contributed by atoms with Gasteiger partial charge in [-0.2, -0.15) is 5.10 Å². The van der Waals surface area contributed by atoms with Crippen LogP contribution in [-0.2, 0) is 11.8 Å². The molecule has 1 heterocycles. The lowest BCUT2D eigenvalue weighted by Gasteiger charge is -2.23. The number of hydrogen-bond donors (Lipinski definition) is 2. The average molecular weight is 288 g/mol. The molecule has 0 aliphatic rings. The predicted octanol–water partition coefficient (Wildman–Crippen LogP) is 1.85. The van der Waals surface area contributed by atoms with Gasteiger partial charge in [0.05, 0.1) is 11.9 Å². The van der Waals surface area contributed by atoms with Crippen molar-refractivity contribution in [2.24, 2.45) is 12.8 Å². The van der Waals surface area contributed by atoms with Gasteiger partial charge in [0.15, 0.2) is 0 Å². The molecule has 2 aromatic rings. The normalized spacial score (nSPS) is 13.5. The van der Waals surface area contributed by atoms with E-state index in [4.69, 9.17) is 10.5 Å². The molecule has 1 amide bonds. The smallest absolute Gasteiger partial charge is 0.221 e. The van der Waals surface area contributed by atoms with Crippen LogP contribution in [0, 0.1) is 0 Å². The van der Waals surface area contributed by atoms with E-state index >= 15 is 0 Å². The Morgan fingerprint density at radius 3 is 2.71 bits per heavy atom. The van der Waals surface area contributed by atoms with Crippen molar-refractivity contribution in [3.8, 4) is 5.75 Å². The van der Waals surface area contributed by atoms with Gasteiger partial charge in [0.1, 0.15) is 11.9 Å². The molecule has 0 saturated heterocycles. The third-order valence-corrected chi connectivity index (χ3v) is 2.98. The summed E-state index contributed by atoms with van der Waals surface area (Å²) in [6.07, 6.45) is 3.26. The fourth-order valence-electron chi connectivity index (χ4n) is 2.07. The standard InChI is InChI=1S/C15H20N4O2/c1-10(16)15(12-8-17-19(3)9-12)21-14-7-5-4-6-13(14)18-11(2)20/h4-10,15H,16H2,1-3H3,(H,18,20). The molecule has 0 bridgehead atoms. The summed E-state index contributed by atoms with van der Waals surface area (Å²) in [7, 11) is 1.84. The molecule has 0 aliphatic carbocycles. The van der Waals surface area contributed by atoms with Gasteiger partial charge in [-0.3, -0.25) is 9.48 Å². The van der Waals surface area contributed by atoms with Crippen molar-refractivity contribution < 1.29 is 9.53 Å². The number of nitrogens with one attached hydrogen (secondary N) is 1. The predicted molar refractivity (Wildman–Crippen MR) is 81.0 cm³/mol. The quantitative estimate of drug-likeness (QED) is 0.879. The Morgan fingerprint density at radius 2 is 2.14 bits per heavy atom. The molecule has 2 atom stereocenters. The van der Waals surface area contributed by atoms with Crippen LogP contribution >= 0.6 is 0 Å². The molecule has 6 nitrogen and oxygen atoms in total. The molecule has 0 saturated carbocycles. The minimum atomic E-state index is -0.339. The van der Waals surface area contributed by atoms with Crippen molar-refractivity contribution in [3.05, 3.63) is 42.2 Å². The van der Waals surface area contributed by atoms with E-state index in [1.165, 1.54) is 6.92 Å². The van der Waals surface area contributed by atoms with Gasteiger partial charge >= 0.3 is 0 Å². The zero-order valence-electron chi connectivity index (χ0n) is 12.4. The maximum atomic E-state index is 11.3. The van der Waals surface area contributed by atoms with E-state index < -0.39 is 0 Å². The molecule has 112 valence electrons. The van der Waals surface area contributed by atoms with Crippen molar-refractivity contribution in [2.45, 2.75) is 26.0 Å². The van der Waals surface area contributed by atoms with Crippen molar-refractivity contribution in [1.82, 2.24) is 9.78 Å². The monoisotopic (exact) mass is 288 g/mol. The fraction of sp³-hybridized carbons (Fsp3) is 0.333. The highest BCUT2D eigenvalue weighted by molar-refractivity contribution is 5.90. The van der Waals surface area contributed by atoms with E-state index in [2.05, 4.69) is 10.4 Å². The summed E-state index contributed by atoms with van der Waals surface area (Å²) < 4.78 is 7.72. The summed E-state index contributed by atoms with van der Waals surface area (Å²) >= 11 is 0. The van der Waals surface area contributed by atoms with Crippen molar-refractivity contribution in [2.75, 3.05) is 5.32 Å². The summed E-state index contributed by atoms with van der Waals surface area (Å²) in [6, 6.07) is 7.06. The Kier molecular flexibility index (Phi) is 4.59. The van der Waals surface area contributed by atoms with Crippen LogP contribution in [0.5, 0.6) is 5.75 Å². The summed E-state index contributed by atoms with van der Waals surface area (Å²) in [5.41, 5.74) is 7.55. The molecule has 0 fully saturated rings. The van der Waals surface area contributed by atoms with E-state index in [0.29, 0.717) is 11.4 Å². The number of aryl methyl sites for hydroxylation is 1. The molecule has 1 aromatic carbocycles. The first-order valence-electron chi connectivity index (χ1n) is 6.74. The van der Waals surface area contributed by atoms with E-state index in [1.807, 2.05) is 32.3 Å². The van der Waals surface area contributed by atoms with Crippen LogP contribution in [0.2, 0.25) is 0 Å². The Labute approximate surface area is 123 Å². The number of hydrogen-bond acceptors (Lipinski definition) is 4.